The largest absolute Gasteiger partial charge is 0.343 e. The molecule has 0 saturated carbocycles. The maximum absolute atomic E-state index is 13.7. The van der Waals surface area contributed by atoms with Crippen molar-refractivity contribution in [3.63, 3.8) is 0 Å². The summed E-state index contributed by atoms with van der Waals surface area (Å²) < 4.78 is 28.1. The molecule has 91 valence electrons. The molecule has 2 aromatic rings. The maximum Gasteiger partial charge on any atom is 0.0717 e. The summed E-state index contributed by atoms with van der Waals surface area (Å²) >= 11 is 0. The Labute approximate surface area is 112 Å². The molecule has 1 aromatic heterocycles. The minimum absolute atomic E-state index is 0. The van der Waals surface area contributed by atoms with Crippen molar-refractivity contribution in [2.45, 2.75) is 0 Å². The standard InChI is InChI=1S/C13H10F2N.Ir/c1-9-7-10(14)8-11(15)13(9)12-5-3-4-6-16(12)2;/h3-8H,1-2H2;/q-1;. The van der Waals surface area contributed by atoms with Crippen LogP contribution in [0.4, 0.5) is 8.78 Å². The summed E-state index contributed by atoms with van der Waals surface area (Å²) in [5.74, 6) is -1.26. The molecule has 1 radical (unpaired) electrons. The van der Waals surface area contributed by atoms with Crippen molar-refractivity contribution in [1.29, 1.82) is 0 Å². The molecule has 4 heteroatoms. The molecule has 0 N–H and O–H groups in total. The number of hydrogen-bond acceptors (Lipinski definition) is 0. The van der Waals surface area contributed by atoms with E-state index in [1.54, 1.807) is 24.4 Å². The third-order valence-corrected chi connectivity index (χ3v) is 2.33. The van der Waals surface area contributed by atoms with Gasteiger partial charge in [-0.05, 0) is 6.07 Å². The SMILES string of the molecule is [CH2-]c1cc(F)cc(F)c1-c1cccc[n+]1[CH2-].[Ir]. The minimum Gasteiger partial charge on any atom is -0.343 e. The van der Waals surface area contributed by atoms with E-state index in [4.69, 9.17) is 0 Å². The number of rotatable bonds is 1. The van der Waals surface area contributed by atoms with Gasteiger partial charge in [-0.25, -0.2) is 8.78 Å². The smallest absolute Gasteiger partial charge is 0.0717 e. The second-order valence-electron chi connectivity index (χ2n) is 3.48. The monoisotopic (exact) mass is 411 g/mol. The van der Waals surface area contributed by atoms with Crippen LogP contribution in [0.3, 0.4) is 0 Å². The van der Waals surface area contributed by atoms with Crippen LogP contribution in [0.1, 0.15) is 5.56 Å². The first-order valence-electron chi connectivity index (χ1n) is 4.72. The molecule has 0 amide bonds. The second-order valence-corrected chi connectivity index (χ2v) is 3.48. The van der Waals surface area contributed by atoms with Crippen LogP contribution >= 0.6 is 0 Å². The molecule has 1 aromatic carbocycles. The zero-order valence-corrected chi connectivity index (χ0v) is 11.3. The Hall–Kier alpha value is -1.38. The van der Waals surface area contributed by atoms with Crippen molar-refractivity contribution in [3.8, 4) is 11.3 Å². The molecular weight excluding hydrogens is 400 g/mol. The molecule has 0 unspecified atom stereocenters. The van der Waals surface area contributed by atoms with E-state index in [0.717, 1.165) is 6.07 Å². The van der Waals surface area contributed by atoms with Crippen molar-refractivity contribution < 1.29 is 33.5 Å². The van der Waals surface area contributed by atoms with Gasteiger partial charge in [-0.1, -0.05) is 23.8 Å². The molecule has 17 heavy (non-hydrogen) atoms. The molecule has 2 rings (SSSR count). The topological polar surface area (TPSA) is 3.88 Å². The quantitative estimate of drug-likeness (QED) is 0.503. The summed E-state index contributed by atoms with van der Waals surface area (Å²) in [5, 5.41) is 0. The van der Waals surface area contributed by atoms with Crippen molar-refractivity contribution in [3.05, 3.63) is 67.7 Å². The van der Waals surface area contributed by atoms with Crippen molar-refractivity contribution in [2.75, 3.05) is 0 Å². The van der Waals surface area contributed by atoms with E-state index in [2.05, 4.69) is 14.0 Å². The first-order valence-corrected chi connectivity index (χ1v) is 4.72. The molecule has 0 fully saturated rings. The van der Waals surface area contributed by atoms with Gasteiger partial charge in [0, 0.05) is 27.2 Å². The number of halogens is 2. The summed E-state index contributed by atoms with van der Waals surface area (Å²) in [5.41, 5.74) is 1.14. The molecule has 0 bridgehead atoms. The minimum atomic E-state index is -0.631. The van der Waals surface area contributed by atoms with Crippen LogP contribution in [0.15, 0.2) is 36.5 Å². The molecule has 1 heterocycles. The fourth-order valence-electron chi connectivity index (χ4n) is 1.62. The van der Waals surface area contributed by atoms with E-state index in [0.29, 0.717) is 11.3 Å². The van der Waals surface area contributed by atoms with Gasteiger partial charge in [0.05, 0.1) is 23.5 Å². The zero-order valence-electron chi connectivity index (χ0n) is 8.91. The van der Waals surface area contributed by atoms with Gasteiger partial charge < -0.3 is 4.57 Å². The first kappa shape index (κ1) is 13.7. The maximum atomic E-state index is 13.7. The molecule has 0 spiro atoms. The first-order chi connectivity index (χ1) is 7.59. The zero-order chi connectivity index (χ0) is 11.7. The Kier molecular flexibility index (Phi) is 4.27. The Morgan fingerprint density at radius 1 is 1.12 bits per heavy atom. The molecular formula is C13H10F2IrN-. The van der Waals surface area contributed by atoms with Gasteiger partial charge in [0.1, 0.15) is 0 Å². The van der Waals surface area contributed by atoms with Crippen molar-refractivity contribution in [2.24, 2.45) is 0 Å². The Morgan fingerprint density at radius 3 is 2.41 bits per heavy atom. The van der Waals surface area contributed by atoms with Crippen LogP contribution in [0.5, 0.6) is 0 Å². The Bertz CT molecular complexity index is 518. The van der Waals surface area contributed by atoms with E-state index >= 15 is 0 Å². The normalized spacial score (nSPS) is 9.76. The van der Waals surface area contributed by atoms with Gasteiger partial charge in [-0.3, -0.25) is 0 Å². The van der Waals surface area contributed by atoms with Crippen molar-refractivity contribution >= 4 is 0 Å². The van der Waals surface area contributed by atoms with Crippen LogP contribution < -0.4 is 4.57 Å². The fraction of sp³-hybridized carbons (Fsp3) is 0. The molecule has 0 aliphatic heterocycles. The van der Waals surface area contributed by atoms with E-state index in [1.807, 2.05) is 0 Å². The van der Waals surface area contributed by atoms with Gasteiger partial charge in [0.25, 0.3) is 0 Å². The summed E-state index contributed by atoms with van der Waals surface area (Å²) in [7, 11) is 3.73. The molecule has 0 saturated heterocycles. The number of benzene rings is 1. The van der Waals surface area contributed by atoms with Gasteiger partial charge in [-0.2, -0.15) is 12.5 Å². The predicted molar refractivity (Wildman–Crippen MR) is 57.2 cm³/mol. The number of hydrogen-bond donors (Lipinski definition) is 0. The van der Waals surface area contributed by atoms with Crippen LogP contribution in [0.25, 0.3) is 11.3 Å². The third-order valence-electron chi connectivity index (χ3n) is 2.33. The van der Waals surface area contributed by atoms with Gasteiger partial charge >= 0.3 is 0 Å². The summed E-state index contributed by atoms with van der Waals surface area (Å²) in [6.07, 6.45) is 1.69. The van der Waals surface area contributed by atoms with E-state index < -0.39 is 11.6 Å². The van der Waals surface area contributed by atoms with E-state index in [-0.39, 0.29) is 25.7 Å². The Balaban J connectivity index is 0.00000144. The average molecular weight is 410 g/mol. The second kappa shape index (κ2) is 5.30. The summed E-state index contributed by atoms with van der Waals surface area (Å²) in [6, 6.07) is 7.29. The van der Waals surface area contributed by atoms with Crippen LogP contribution in [-0.4, -0.2) is 0 Å². The molecule has 0 atom stereocenters. The molecule has 1 nitrogen and oxygen atoms in total. The molecule has 0 aliphatic rings. The Morgan fingerprint density at radius 2 is 1.82 bits per heavy atom. The number of aromatic nitrogens is 1. The van der Waals surface area contributed by atoms with Crippen LogP contribution in [0.2, 0.25) is 0 Å². The van der Waals surface area contributed by atoms with Gasteiger partial charge in [0.2, 0.25) is 0 Å². The third kappa shape index (κ3) is 2.65. The number of pyridine rings is 1. The summed E-state index contributed by atoms with van der Waals surface area (Å²) in [4.78, 5) is 0. The van der Waals surface area contributed by atoms with Crippen LogP contribution in [-0.2, 0) is 20.1 Å². The van der Waals surface area contributed by atoms with Crippen LogP contribution in [0, 0.1) is 25.6 Å². The summed E-state index contributed by atoms with van der Waals surface area (Å²) in [6.45, 7) is 3.64. The van der Waals surface area contributed by atoms with E-state index in [9.17, 15) is 8.78 Å². The van der Waals surface area contributed by atoms with E-state index in [1.165, 1.54) is 10.6 Å². The fourth-order valence-corrected chi connectivity index (χ4v) is 1.62. The van der Waals surface area contributed by atoms with Gasteiger partial charge in [-0.15, -0.1) is 6.07 Å². The van der Waals surface area contributed by atoms with Crippen molar-refractivity contribution in [1.82, 2.24) is 0 Å². The van der Waals surface area contributed by atoms with Gasteiger partial charge in [0.15, 0.2) is 0 Å². The molecule has 0 aliphatic carbocycles. The predicted octanol–water partition coefficient (Wildman–Crippen LogP) is 2.74. The average Bonchev–Trinajstić information content (AvgIpc) is 2.19. The number of nitrogens with zero attached hydrogens (tertiary/aromatic N) is 1.